The number of fused-ring (bicyclic) bond motifs is 1. The Bertz CT molecular complexity index is 1370. The smallest absolute Gasteiger partial charge is 0.244 e. The molecule has 0 saturated heterocycles. The van der Waals surface area contributed by atoms with Crippen LogP contribution in [0, 0.1) is 0 Å². The van der Waals surface area contributed by atoms with E-state index < -0.39 is 28.5 Å². The molecule has 38 heavy (non-hydrogen) atoms. The van der Waals surface area contributed by atoms with Gasteiger partial charge in [0, 0.05) is 18.0 Å². The van der Waals surface area contributed by atoms with Crippen LogP contribution in [0.1, 0.15) is 39.2 Å². The summed E-state index contributed by atoms with van der Waals surface area (Å²) in [6, 6.07) is 19.2. The van der Waals surface area contributed by atoms with Gasteiger partial charge in [-0.1, -0.05) is 62.4 Å². The van der Waals surface area contributed by atoms with Crippen molar-refractivity contribution in [2.75, 3.05) is 24.2 Å². The van der Waals surface area contributed by atoms with Crippen molar-refractivity contribution >= 4 is 38.3 Å². The lowest BCUT2D eigenvalue weighted by atomic mass is 10.1. The Morgan fingerprint density at radius 2 is 1.66 bits per heavy atom. The Hall–Kier alpha value is -3.59. The van der Waals surface area contributed by atoms with Crippen molar-refractivity contribution in [1.82, 2.24) is 10.2 Å². The van der Waals surface area contributed by atoms with Crippen LogP contribution >= 0.6 is 0 Å². The van der Waals surface area contributed by atoms with E-state index in [1.165, 1.54) is 4.90 Å². The monoisotopic (exact) mass is 539 g/mol. The summed E-state index contributed by atoms with van der Waals surface area (Å²) < 4.78 is 32.4. The highest BCUT2D eigenvalue weighted by Gasteiger charge is 2.32. The lowest BCUT2D eigenvalue weighted by molar-refractivity contribution is -0.140. The van der Waals surface area contributed by atoms with Gasteiger partial charge in [0.1, 0.15) is 18.3 Å². The molecular formula is C29H37N3O5S. The number of ether oxygens (including phenoxy) is 1. The minimum atomic E-state index is -3.83. The molecule has 0 heterocycles. The van der Waals surface area contributed by atoms with E-state index in [1.807, 2.05) is 63.2 Å². The van der Waals surface area contributed by atoms with Crippen molar-refractivity contribution in [2.24, 2.45) is 0 Å². The predicted molar refractivity (Wildman–Crippen MR) is 152 cm³/mol. The number of carbonyl (C=O) groups excluding carboxylic acids is 2. The maximum Gasteiger partial charge on any atom is 0.244 e. The zero-order valence-corrected chi connectivity index (χ0v) is 23.5. The molecule has 2 atom stereocenters. The number of amides is 2. The van der Waals surface area contributed by atoms with Gasteiger partial charge >= 0.3 is 0 Å². The van der Waals surface area contributed by atoms with Crippen LogP contribution < -0.4 is 14.4 Å². The van der Waals surface area contributed by atoms with E-state index in [1.54, 1.807) is 31.4 Å². The number of carbonyl (C=O) groups is 2. The standard InChI is InChI=1S/C29H37N3O5S/c1-6-21(3)30-29(34)26(7-2)31(19-22-12-10-15-24(18-22)37-4)28(33)20-32(38(5,35)36)27-17-11-14-23-13-8-9-16-25(23)27/h8-18,21,26H,6-7,19-20H2,1-5H3,(H,30,34)/t21-,26-/m0/s1. The zero-order valence-electron chi connectivity index (χ0n) is 22.7. The highest BCUT2D eigenvalue weighted by atomic mass is 32.2. The molecule has 0 aliphatic rings. The summed E-state index contributed by atoms with van der Waals surface area (Å²) in [5, 5.41) is 4.55. The van der Waals surface area contributed by atoms with Crippen molar-refractivity contribution in [3.8, 4) is 5.75 Å². The summed E-state index contributed by atoms with van der Waals surface area (Å²) in [5.41, 5.74) is 1.18. The average molecular weight is 540 g/mol. The molecule has 1 N–H and O–H groups in total. The molecule has 0 saturated carbocycles. The first-order valence-electron chi connectivity index (χ1n) is 12.8. The van der Waals surface area contributed by atoms with Gasteiger partial charge in [-0.15, -0.1) is 0 Å². The molecule has 8 nitrogen and oxygen atoms in total. The molecule has 0 radical (unpaired) electrons. The van der Waals surface area contributed by atoms with Crippen LogP contribution in [0.25, 0.3) is 10.8 Å². The van der Waals surface area contributed by atoms with Gasteiger partial charge in [-0.3, -0.25) is 13.9 Å². The number of benzene rings is 3. The molecule has 204 valence electrons. The summed E-state index contributed by atoms with van der Waals surface area (Å²) in [7, 11) is -2.27. The number of hydrogen-bond acceptors (Lipinski definition) is 5. The maximum absolute atomic E-state index is 13.9. The fourth-order valence-electron chi connectivity index (χ4n) is 4.35. The number of rotatable bonds is 12. The van der Waals surface area contributed by atoms with Crippen LogP contribution in [0.2, 0.25) is 0 Å². The Morgan fingerprint density at radius 3 is 2.32 bits per heavy atom. The predicted octanol–water partition coefficient (Wildman–Crippen LogP) is 4.34. The molecule has 0 aromatic heterocycles. The van der Waals surface area contributed by atoms with Crippen LogP contribution in [-0.4, -0.2) is 57.1 Å². The zero-order chi connectivity index (χ0) is 27.9. The van der Waals surface area contributed by atoms with E-state index in [0.29, 0.717) is 23.2 Å². The molecule has 0 bridgehead atoms. The second kappa shape index (κ2) is 12.8. The second-order valence-electron chi connectivity index (χ2n) is 9.38. The van der Waals surface area contributed by atoms with Gasteiger partial charge in [0.2, 0.25) is 21.8 Å². The number of anilines is 1. The van der Waals surface area contributed by atoms with Gasteiger partial charge in [0.25, 0.3) is 0 Å². The Morgan fingerprint density at radius 1 is 0.974 bits per heavy atom. The van der Waals surface area contributed by atoms with Gasteiger partial charge in [-0.05, 0) is 48.9 Å². The minimum absolute atomic E-state index is 0.0616. The highest BCUT2D eigenvalue weighted by Crippen LogP contribution is 2.29. The highest BCUT2D eigenvalue weighted by molar-refractivity contribution is 7.92. The van der Waals surface area contributed by atoms with Gasteiger partial charge < -0.3 is 15.0 Å². The molecule has 0 fully saturated rings. The summed E-state index contributed by atoms with van der Waals surface area (Å²) in [6.45, 7) is 5.40. The van der Waals surface area contributed by atoms with Gasteiger partial charge in [0.05, 0.1) is 19.1 Å². The van der Waals surface area contributed by atoms with Crippen molar-refractivity contribution in [1.29, 1.82) is 0 Å². The molecule has 9 heteroatoms. The molecule has 3 rings (SSSR count). The fraction of sp³-hybridized carbons (Fsp3) is 0.379. The Balaban J connectivity index is 2.03. The van der Waals surface area contributed by atoms with Crippen molar-refractivity contribution < 1.29 is 22.7 Å². The molecule has 0 unspecified atom stereocenters. The first-order valence-corrected chi connectivity index (χ1v) is 14.6. The number of nitrogens with zero attached hydrogens (tertiary/aromatic N) is 2. The summed E-state index contributed by atoms with van der Waals surface area (Å²) >= 11 is 0. The normalized spacial score (nSPS) is 13.0. The van der Waals surface area contributed by atoms with E-state index in [4.69, 9.17) is 4.74 Å². The third-order valence-electron chi connectivity index (χ3n) is 6.59. The van der Waals surface area contributed by atoms with Gasteiger partial charge in [-0.25, -0.2) is 8.42 Å². The molecule has 0 aliphatic carbocycles. The van der Waals surface area contributed by atoms with E-state index >= 15 is 0 Å². The van der Waals surface area contributed by atoms with Crippen molar-refractivity contribution in [3.05, 3.63) is 72.3 Å². The number of hydrogen-bond donors (Lipinski definition) is 1. The maximum atomic E-state index is 13.9. The first-order chi connectivity index (χ1) is 18.1. The van der Waals surface area contributed by atoms with E-state index in [0.717, 1.165) is 27.9 Å². The van der Waals surface area contributed by atoms with Gasteiger partial charge in [-0.2, -0.15) is 0 Å². The number of sulfonamides is 1. The Labute approximate surface area is 225 Å². The average Bonchev–Trinajstić information content (AvgIpc) is 2.90. The van der Waals surface area contributed by atoms with Crippen LogP contribution in [0.3, 0.4) is 0 Å². The second-order valence-corrected chi connectivity index (χ2v) is 11.3. The minimum Gasteiger partial charge on any atom is -0.497 e. The number of nitrogens with one attached hydrogen (secondary N) is 1. The molecule has 3 aromatic rings. The third kappa shape index (κ3) is 7.04. The summed E-state index contributed by atoms with van der Waals surface area (Å²) in [5.74, 6) is -0.119. The quantitative estimate of drug-likeness (QED) is 0.370. The van der Waals surface area contributed by atoms with Crippen molar-refractivity contribution in [2.45, 2.75) is 52.2 Å². The van der Waals surface area contributed by atoms with Crippen LogP contribution in [-0.2, 0) is 26.2 Å². The van der Waals surface area contributed by atoms with Crippen LogP contribution in [0.5, 0.6) is 5.75 Å². The number of methoxy groups -OCH3 is 1. The molecular weight excluding hydrogens is 502 g/mol. The lowest BCUT2D eigenvalue weighted by Gasteiger charge is -2.33. The lowest BCUT2D eigenvalue weighted by Crippen LogP contribution is -2.53. The van der Waals surface area contributed by atoms with E-state index in [9.17, 15) is 18.0 Å². The van der Waals surface area contributed by atoms with Crippen LogP contribution in [0.4, 0.5) is 5.69 Å². The molecule has 2 amide bonds. The van der Waals surface area contributed by atoms with Crippen LogP contribution in [0.15, 0.2) is 66.7 Å². The summed E-state index contributed by atoms with van der Waals surface area (Å²) in [4.78, 5) is 28.7. The van der Waals surface area contributed by atoms with Gasteiger partial charge in [0.15, 0.2) is 0 Å². The SMILES string of the molecule is CC[C@H](C)NC(=O)[C@H](CC)N(Cc1cccc(OC)c1)C(=O)CN(c1cccc2ccccc12)S(C)(=O)=O. The molecule has 0 spiro atoms. The molecule has 0 aliphatic heterocycles. The topological polar surface area (TPSA) is 96.0 Å². The van der Waals surface area contributed by atoms with Crippen molar-refractivity contribution in [3.63, 3.8) is 0 Å². The van der Waals surface area contributed by atoms with E-state index in [-0.39, 0.29) is 18.5 Å². The first kappa shape index (κ1) is 29.0. The molecule has 3 aromatic carbocycles. The largest absolute Gasteiger partial charge is 0.497 e. The summed E-state index contributed by atoms with van der Waals surface area (Å²) in [6.07, 6.45) is 2.20. The fourth-order valence-corrected chi connectivity index (χ4v) is 5.21. The Kier molecular flexibility index (Phi) is 9.74. The third-order valence-corrected chi connectivity index (χ3v) is 7.71. The van der Waals surface area contributed by atoms with E-state index in [2.05, 4.69) is 5.32 Å².